The van der Waals surface area contributed by atoms with Gasteiger partial charge in [0.1, 0.15) is 0 Å². The average Bonchev–Trinajstić information content (AvgIpc) is 2.75. The molecule has 0 aromatic heterocycles. The monoisotopic (exact) mass is 411 g/mol. The summed E-state index contributed by atoms with van der Waals surface area (Å²) in [5, 5.41) is 12.0. The summed E-state index contributed by atoms with van der Waals surface area (Å²) in [7, 11) is 0. The quantitative estimate of drug-likeness (QED) is 0.158. The first-order valence-corrected chi connectivity index (χ1v) is 12.0. The zero-order valence-electron chi connectivity index (χ0n) is 18.9. The van der Waals surface area contributed by atoms with Gasteiger partial charge in [-0.15, -0.1) is 0 Å². The van der Waals surface area contributed by atoms with Crippen molar-refractivity contribution < 1.29 is 9.90 Å². The number of nitrogens with one attached hydrogen (secondary N) is 1. The lowest BCUT2D eigenvalue weighted by molar-refractivity contribution is -0.130. The highest BCUT2D eigenvalue weighted by Gasteiger charge is 1.95. The van der Waals surface area contributed by atoms with E-state index in [1.54, 1.807) is 0 Å². The lowest BCUT2D eigenvalue weighted by atomic mass is 10.1. The Kier molecular flexibility index (Phi) is 16.2. The first-order valence-electron chi connectivity index (χ1n) is 12.0. The van der Waals surface area contributed by atoms with Gasteiger partial charge < -0.3 is 10.4 Å². The van der Waals surface area contributed by atoms with Gasteiger partial charge >= 0.3 is 5.97 Å². The fourth-order valence-corrected chi connectivity index (χ4v) is 3.44. The van der Waals surface area contributed by atoms with E-state index in [9.17, 15) is 4.79 Å². The SMILES string of the molecule is CCCCCCCCC=CCCCCCCCCNc1cccc(C#CC(=O)O)c1. The van der Waals surface area contributed by atoms with Crippen LogP contribution in [0.3, 0.4) is 0 Å². The third kappa shape index (κ3) is 15.7. The van der Waals surface area contributed by atoms with E-state index in [2.05, 4.69) is 36.2 Å². The molecule has 0 atom stereocenters. The molecule has 0 aliphatic carbocycles. The van der Waals surface area contributed by atoms with E-state index >= 15 is 0 Å². The van der Waals surface area contributed by atoms with E-state index in [0.29, 0.717) is 0 Å². The molecule has 0 spiro atoms. The Bertz CT molecular complexity index is 654. The molecule has 0 unspecified atom stereocenters. The number of carbonyl (C=O) groups is 1. The van der Waals surface area contributed by atoms with Crippen molar-refractivity contribution in [3.05, 3.63) is 42.0 Å². The van der Waals surface area contributed by atoms with Gasteiger partial charge in [-0.3, -0.25) is 0 Å². The lowest BCUT2D eigenvalue weighted by Crippen LogP contribution is -2.01. The molecule has 1 aromatic carbocycles. The van der Waals surface area contributed by atoms with Crippen molar-refractivity contribution >= 4 is 11.7 Å². The van der Waals surface area contributed by atoms with Gasteiger partial charge in [0.25, 0.3) is 0 Å². The Balaban J connectivity index is 1.92. The second-order valence-electron chi connectivity index (χ2n) is 8.00. The molecule has 1 aromatic rings. The van der Waals surface area contributed by atoms with Crippen LogP contribution in [0.25, 0.3) is 0 Å². The molecule has 0 saturated heterocycles. The third-order valence-corrected chi connectivity index (χ3v) is 5.19. The number of benzene rings is 1. The van der Waals surface area contributed by atoms with Crippen molar-refractivity contribution in [2.75, 3.05) is 11.9 Å². The first-order chi connectivity index (χ1) is 14.7. The number of allylic oxidation sites excluding steroid dienone is 2. The second-order valence-corrected chi connectivity index (χ2v) is 8.00. The fraction of sp³-hybridized carbons (Fsp3) is 0.593. The topological polar surface area (TPSA) is 49.3 Å². The standard InChI is InChI=1S/C27H41NO2/c1-2-3-4-5-6-7-8-9-10-11-12-13-14-15-16-17-23-28-26-20-18-19-25(24-26)21-22-27(29)30/h9-10,18-20,24,28H,2-8,11-17,23H2,1H3,(H,29,30). The Labute approximate surface area is 184 Å². The van der Waals surface area contributed by atoms with Gasteiger partial charge in [0, 0.05) is 23.7 Å². The average molecular weight is 412 g/mol. The van der Waals surface area contributed by atoms with E-state index < -0.39 is 5.97 Å². The maximum atomic E-state index is 10.5. The summed E-state index contributed by atoms with van der Waals surface area (Å²) >= 11 is 0. The molecule has 0 saturated carbocycles. The van der Waals surface area contributed by atoms with Crippen LogP contribution in [0, 0.1) is 11.8 Å². The van der Waals surface area contributed by atoms with Crippen molar-refractivity contribution in [2.45, 2.75) is 96.8 Å². The van der Waals surface area contributed by atoms with E-state index in [0.717, 1.165) is 24.2 Å². The molecule has 0 fully saturated rings. The van der Waals surface area contributed by atoms with E-state index in [-0.39, 0.29) is 0 Å². The molecule has 166 valence electrons. The number of carboxylic acids is 1. The zero-order chi connectivity index (χ0) is 21.7. The number of aliphatic carboxylic acids is 1. The number of hydrogen-bond acceptors (Lipinski definition) is 2. The minimum atomic E-state index is -1.10. The Morgan fingerprint density at radius 2 is 1.50 bits per heavy atom. The molecule has 0 amide bonds. The van der Waals surface area contributed by atoms with E-state index in [4.69, 9.17) is 5.11 Å². The van der Waals surface area contributed by atoms with Crippen LogP contribution < -0.4 is 5.32 Å². The smallest absolute Gasteiger partial charge is 0.382 e. The summed E-state index contributed by atoms with van der Waals surface area (Å²) in [5.74, 6) is 3.70. The molecular formula is C27H41NO2. The van der Waals surface area contributed by atoms with Crippen molar-refractivity contribution in [3.63, 3.8) is 0 Å². The number of anilines is 1. The summed E-state index contributed by atoms with van der Waals surface area (Å²) in [6, 6.07) is 7.61. The second kappa shape index (κ2) is 18.8. The van der Waals surface area contributed by atoms with Gasteiger partial charge in [0.05, 0.1) is 0 Å². The molecule has 0 radical (unpaired) electrons. The van der Waals surface area contributed by atoms with Crippen LogP contribution in [-0.4, -0.2) is 17.6 Å². The predicted octanol–water partition coefficient (Wildman–Crippen LogP) is 7.57. The predicted molar refractivity (Wildman–Crippen MR) is 129 cm³/mol. The first kappa shape index (κ1) is 25.8. The molecule has 2 N–H and O–H groups in total. The summed E-state index contributed by atoms with van der Waals surface area (Å²) < 4.78 is 0. The summed E-state index contributed by atoms with van der Waals surface area (Å²) in [6.07, 6.45) is 23.2. The Morgan fingerprint density at radius 1 is 0.900 bits per heavy atom. The Hall–Kier alpha value is -2.21. The highest BCUT2D eigenvalue weighted by molar-refractivity contribution is 5.87. The molecule has 1 rings (SSSR count). The molecule has 3 heteroatoms. The Morgan fingerprint density at radius 3 is 2.13 bits per heavy atom. The van der Waals surface area contributed by atoms with Gasteiger partial charge in [-0.05, 0) is 50.3 Å². The van der Waals surface area contributed by atoms with Crippen LogP contribution in [0.4, 0.5) is 5.69 Å². The van der Waals surface area contributed by atoms with Crippen LogP contribution in [0.1, 0.15) is 102 Å². The summed E-state index contributed by atoms with van der Waals surface area (Å²) in [4.78, 5) is 10.5. The zero-order valence-corrected chi connectivity index (χ0v) is 18.9. The van der Waals surface area contributed by atoms with Crippen LogP contribution in [0.2, 0.25) is 0 Å². The molecule has 0 bridgehead atoms. The summed E-state index contributed by atoms with van der Waals surface area (Å²) in [5.41, 5.74) is 1.73. The van der Waals surface area contributed by atoms with Crippen LogP contribution in [0.15, 0.2) is 36.4 Å². The molecule has 0 aliphatic rings. The van der Waals surface area contributed by atoms with Gasteiger partial charge in [-0.1, -0.05) is 88.8 Å². The molecule has 0 heterocycles. The van der Waals surface area contributed by atoms with Crippen LogP contribution in [-0.2, 0) is 4.79 Å². The maximum absolute atomic E-state index is 10.5. The van der Waals surface area contributed by atoms with Gasteiger partial charge in [-0.2, -0.15) is 0 Å². The number of rotatable bonds is 17. The van der Waals surface area contributed by atoms with Crippen LogP contribution >= 0.6 is 0 Å². The highest BCUT2D eigenvalue weighted by atomic mass is 16.4. The minimum Gasteiger partial charge on any atom is -0.472 e. The van der Waals surface area contributed by atoms with Gasteiger partial charge in [-0.25, -0.2) is 4.79 Å². The molecule has 0 aliphatic heterocycles. The number of unbranched alkanes of at least 4 members (excludes halogenated alkanes) is 12. The van der Waals surface area contributed by atoms with E-state index in [1.165, 1.54) is 83.5 Å². The highest BCUT2D eigenvalue weighted by Crippen LogP contribution is 2.12. The fourth-order valence-electron chi connectivity index (χ4n) is 3.44. The van der Waals surface area contributed by atoms with Crippen LogP contribution in [0.5, 0.6) is 0 Å². The van der Waals surface area contributed by atoms with E-state index in [1.807, 2.05) is 24.3 Å². The maximum Gasteiger partial charge on any atom is 0.382 e. The summed E-state index contributed by atoms with van der Waals surface area (Å²) in [6.45, 7) is 3.21. The third-order valence-electron chi connectivity index (χ3n) is 5.19. The van der Waals surface area contributed by atoms with Crippen molar-refractivity contribution in [3.8, 4) is 11.8 Å². The number of hydrogen-bond donors (Lipinski definition) is 2. The van der Waals surface area contributed by atoms with Crippen molar-refractivity contribution in [1.29, 1.82) is 0 Å². The lowest BCUT2D eigenvalue weighted by Gasteiger charge is -2.06. The molecule has 3 nitrogen and oxygen atoms in total. The normalized spacial score (nSPS) is 10.7. The molecule has 30 heavy (non-hydrogen) atoms. The van der Waals surface area contributed by atoms with Gasteiger partial charge in [0.2, 0.25) is 0 Å². The molecular weight excluding hydrogens is 370 g/mol. The van der Waals surface area contributed by atoms with Crippen molar-refractivity contribution in [2.24, 2.45) is 0 Å². The largest absolute Gasteiger partial charge is 0.472 e. The number of carboxylic acid groups (broad SMARTS) is 1. The van der Waals surface area contributed by atoms with Crippen molar-refractivity contribution in [1.82, 2.24) is 0 Å². The van der Waals surface area contributed by atoms with Gasteiger partial charge in [0.15, 0.2) is 0 Å². The minimum absolute atomic E-state index is 0.725.